The maximum absolute atomic E-state index is 11.4. The quantitative estimate of drug-likeness (QED) is 0.633. The van der Waals surface area contributed by atoms with Gasteiger partial charge in [0.25, 0.3) is 0 Å². The van der Waals surface area contributed by atoms with Crippen molar-refractivity contribution in [2.75, 3.05) is 5.75 Å². The van der Waals surface area contributed by atoms with Crippen molar-refractivity contribution in [2.24, 2.45) is 0 Å². The van der Waals surface area contributed by atoms with Gasteiger partial charge in [0.1, 0.15) is 0 Å². The van der Waals surface area contributed by atoms with Crippen LogP contribution in [-0.2, 0) is 4.79 Å². The second-order valence-electron chi connectivity index (χ2n) is 4.97. The standard InChI is InChI=1S/C18H16OS3/c1-3-17(19)20-11-16-12(2)21-18(22-16)15-9-8-13-6-4-5-7-14(13)10-15/h3-10,18H,1,11H2,2H3. The number of rotatable bonds is 4. The van der Waals surface area contributed by atoms with Gasteiger partial charge < -0.3 is 0 Å². The minimum Gasteiger partial charge on any atom is -0.282 e. The zero-order valence-electron chi connectivity index (χ0n) is 12.2. The third-order valence-electron chi connectivity index (χ3n) is 3.48. The van der Waals surface area contributed by atoms with Crippen LogP contribution in [0.15, 0.2) is 64.9 Å². The van der Waals surface area contributed by atoms with Gasteiger partial charge in [-0.25, -0.2) is 0 Å². The molecular formula is C18H16OS3. The zero-order valence-corrected chi connectivity index (χ0v) is 14.7. The lowest BCUT2D eigenvalue weighted by Crippen LogP contribution is -1.90. The molecule has 1 heterocycles. The molecule has 22 heavy (non-hydrogen) atoms. The van der Waals surface area contributed by atoms with Crippen LogP contribution in [0.4, 0.5) is 0 Å². The molecule has 0 spiro atoms. The molecule has 1 unspecified atom stereocenters. The van der Waals surface area contributed by atoms with Crippen LogP contribution in [0.1, 0.15) is 17.1 Å². The molecule has 0 N–H and O–H groups in total. The molecule has 4 heteroatoms. The van der Waals surface area contributed by atoms with Crippen LogP contribution in [0, 0.1) is 0 Å². The van der Waals surface area contributed by atoms with Gasteiger partial charge in [-0.15, -0.1) is 23.5 Å². The number of fused-ring (bicyclic) bond motifs is 1. The molecule has 0 aromatic heterocycles. The molecule has 0 amide bonds. The summed E-state index contributed by atoms with van der Waals surface area (Å²) < 4.78 is 0.388. The van der Waals surface area contributed by atoms with Gasteiger partial charge in [-0.1, -0.05) is 54.7 Å². The topological polar surface area (TPSA) is 17.1 Å². The fourth-order valence-electron chi connectivity index (χ4n) is 2.28. The van der Waals surface area contributed by atoms with Crippen LogP contribution in [0.3, 0.4) is 0 Å². The van der Waals surface area contributed by atoms with Gasteiger partial charge in [-0.2, -0.15) is 0 Å². The average Bonchev–Trinajstić information content (AvgIpc) is 2.93. The third kappa shape index (κ3) is 3.45. The predicted octanol–water partition coefficient (Wildman–Crippen LogP) is 6.00. The first-order chi connectivity index (χ1) is 10.7. The van der Waals surface area contributed by atoms with E-state index < -0.39 is 0 Å². The third-order valence-corrected chi connectivity index (χ3v) is 7.56. The molecule has 0 saturated heterocycles. The van der Waals surface area contributed by atoms with E-state index in [0.29, 0.717) is 4.58 Å². The fraction of sp³-hybridized carbons (Fsp3) is 0.167. The van der Waals surface area contributed by atoms with E-state index in [1.165, 1.54) is 44.0 Å². The van der Waals surface area contributed by atoms with Gasteiger partial charge in [0.05, 0.1) is 4.58 Å². The Morgan fingerprint density at radius 1 is 1.23 bits per heavy atom. The Labute approximate surface area is 143 Å². The molecule has 1 nitrogen and oxygen atoms in total. The largest absolute Gasteiger partial charge is 0.282 e. The van der Waals surface area contributed by atoms with Crippen molar-refractivity contribution in [3.8, 4) is 0 Å². The Kier molecular flexibility index (Phi) is 5.01. The Morgan fingerprint density at radius 3 is 2.77 bits per heavy atom. The number of hydrogen-bond donors (Lipinski definition) is 0. The van der Waals surface area contributed by atoms with Crippen molar-refractivity contribution in [3.63, 3.8) is 0 Å². The molecule has 0 radical (unpaired) electrons. The Hall–Kier alpha value is -1.10. The first-order valence-corrected chi connectivity index (χ1v) is 9.73. The number of thioether (sulfide) groups is 3. The summed E-state index contributed by atoms with van der Waals surface area (Å²) in [5.41, 5.74) is 1.34. The maximum Gasteiger partial charge on any atom is 0.211 e. The number of hydrogen-bond acceptors (Lipinski definition) is 4. The van der Waals surface area contributed by atoms with Crippen LogP contribution in [-0.4, -0.2) is 10.9 Å². The normalized spacial score (nSPS) is 18.0. The number of carbonyl (C=O) groups is 1. The fourth-order valence-corrected chi connectivity index (χ4v) is 6.21. The second kappa shape index (κ2) is 6.99. The highest BCUT2D eigenvalue weighted by Crippen LogP contribution is 2.55. The van der Waals surface area contributed by atoms with Crippen molar-refractivity contribution >= 4 is 51.2 Å². The molecular weight excluding hydrogens is 328 g/mol. The van der Waals surface area contributed by atoms with Gasteiger partial charge in [0.2, 0.25) is 5.12 Å². The SMILES string of the molecule is C=CC(=O)SCC1=C(C)SC(c2ccc3ccccc3c2)S1. The van der Waals surface area contributed by atoms with E-state index >= 15 is 0 Å². The first-order valence-electron chi connectivity index (χ1n) is 6.98. The molecule has 3 rings (SSSR count). The molecule has 0 bridgehead atoms. The van der Waals surface area contributed by atoms with Crippen molar-refractivity contribution < 1.29 is 4.79 Å². The Bertz CT molecular complexity index is 764. The van der Waals surface area contributed by atoms with Crippen molar-refractivity contribution in [1.82, 2.24) is 0 Å². The molecule has 2 aromatic carbocycles. The first kappa shape index (κ1) is 15.8. The van der Waals surface area contributed by atoms with Crippen LogP contribution in [0.2, 0.25) is 0 Å². The van der Waals surface area contributed by atoms with Crippen molar-refractivity contribution in [2.45, 2.75) is 11.5 Å². The van der Waals surface area contributed by atoms with E-state index in [-0.39, 0.29) is 5.12 Å². The summed E-state index contributed by atoms with van der Waals surface area (Å²) in [4.78, 5) is 14.0. The summed E-state index contributed by atoms with van der Waals surface area (Å²) in [5.74, 6) is 0.748. The molecule has 2 aromatic rings. The Morgan fingerprint density at radius 2 is 2.00 bits per heavy atom. The molecule has 0 saturated carbocycles. The minimum atomic E-state index is 0.0417. The van der Waals surface area contributed by atoms with E-state index in [4.69, 9.17) is 0 Å². The average molecular weight is 345 g/mol. The highest BCUT2D eigenvalue weighted by Gasteiger charge is 2.25. The predicted molar refractivity (Wildman–Crippen MR) is 102 cm³/mol. The lowest BCUT2D eigenvalue weighted by molar-refractivity contribution is -0.107. The molecule has 0 aliphatic carbocycles. The summed E-state index contributed by atoms with van der Waals surface area (Å²) in [6.07, 6.45) is 1.38. The number of allylic oxidation sites excluding steroid dienone is 1. The summed E-state index contributed by atoms with van der Waals surface area (Å²) in [5, 5.41) is 2.60. The van der Waals surface area contributed by atoms with Gasteiger partial charge in [-0.3, -0.25) is 4.79 Å². The van der Waals surface area contributed by atoms with Crippen molar-refractivity contribution in [3.05, 3.63) is 70.5 Å². The monoisotopic (exact) mass is 344 g/mol. The van der Waals surface area contributed by atoms with Gasteiger partial charge >= 0.3 is 0 Å². The van der Waals surface area contributed by atoms with Crippen LogP contribution in [0.5, 0.6) is 0 Å². The van der Waals surface area contributed by atoms with E-state index in [1.54, 1.807) is 0 Å². The van der Waals surface area contributed by atoms with E-state index in [2.05, 4.69) is 56.0 Å². The van der Waals surface area contributed by atoms with Crippen LogP contribution in [0.25, 0.3) is 10.8 Å². The summed E-state index contributed by atoms with van der Waals surface area (Å²) in [6, 6.07) is 15.1. The summed E-state index contributed by atoms with van der Waals surface area (Å²) in [7, 11) is 0. The summed E-state index contributed by atoms with van der Waals surface area (Å²) in [6.45, 7) is 5.66. The van der Waals surface area contributed by atoms with Gasteiger partial charge in [0.15, 0.2) is 0 Å². The zero-order chi connectivity index (χ0) is 15.5. The lowest BCUT2D eigenvalue weighted by Gasteiger charge is -2.10. The van der Waals surface area contributed by atoms with Gasteiger partial charge in [0, 0.05) is 10.7 Å². The van der Waals surface area contributed by atoms with E-state index in [9.17, 15) is 4.79 Å². The van der Waals surface area contributed by atoms with E-state index in [0.717, 1.165) is 5.75 Å². The highest BCUT2D eigenvalue weighted by molar-refractivity contribution is 8.23. The van der Waals surface area contributed by atoms with Crippen LogP contribution >= 0.6 is 35.3 Å². The van der Waals surface area contributed by atoms with Crippen LogP contribution < -0.4 is 0 Å². The Balaban J connectivity index is 1.74. The smallest absolute Gasteiger partial charge is 0.211 e. The molecule has 112 valence electrons. The van der Waals surface area contributed by atoms with Crippen molar-refractivity contribution in [1.29, 1.82) is 0 Å². The van der Waals surface area contributed by atoms with Gasteiger partial charge in [-0.05, 0) is 40.3 Å². The lowest BCUT2D eigenvalue weighted by atomic mass is 10.1. The maximum atomic E-state index is 11.4. The molecule has 1 atom stereocenters. The second-order valence-corrected chi connectivity index (χ2v) is 8.76. The minimum absolute atomic E-state index is 0.0417. The number of carbonyl (C=O) groups excluding carboxylic acids is 1. The number of benzene rings is 2. The molecule has 1 aliphatic heterocycles. The van der Waals surface area contributed by atoms with E-state index in [1.807, 2.05) is 23.5 Å². The molecule has 1 aliphatic rings. The highest BCUT2D eigenvalue weighted by atomic mass is 32.2. The molecule has 0 fully saturated rings. The summed E-state index contributed by atoms with van der Waals surface area (Å²) >= 11 is 5.08.